The van der Waals surface area contributed by atoms with E-state index >= 15 is 0 Å². The molecule has 5 heteroatoms. The van der Waals surface area contributed by atoms with Gasteiger partial charge in [0.2, 0.25) is 0 Å². The Bertz CT molecular complexity index is 442. The summed E-state index contributed by atoms with van der Waals surface area (Å²) in [6, 6.07) is 3.77. The van der Waals surface area contributed by atoms with Gasteiger partial charge in [-0.1, -0.05) is 0 Å². The van der Waals surface area contributed by atoms with E-state index in [-0.39, 0.29) is 0 Å². The molecule has 0 aliphatic heterocycles. The minimum absolute atomic E-state index is 0.348. The molecule has 0 bridgehead atoms. The second-order valence-corrected chi connectivity index (χ2v) is 3.34. The summed E-state index contributed by atoms with van der Waals surface area (Å²) >= 11 is 0. The van der Waals surface area contributed by atoms with Gasteiger partial charge in [0, 0.05) is 37.5 Å². The molecule has 2 aromatic heterocycles. The Hall–Kier alpha value is -1.72. The molecule has 0 fully saturated rings. The van der Waals surface area contributed by atoms with E-state index in [4.69, 9.17) is 4.74 Å². The van der Waals surface area contributed by atoms with Gasteiger partial charge in [-0.05, 0) is 12.1 Å². The molecule has 16 heavy (non-hydrogen) atoms. The van der Waals surface area contributed by atoms with E-state index in [2.05, 4.69) is 9.97 Å². The van der Waals surface area contributed by atoms with E-state index in [1.54, 1.807) is 24.8 Å². The fraction of sp³-hybridized carbons (Fsp3) is 0.273. The van der Waals surface area contributed by atoms with Crippen molar-refractivity contribution in [2.24, 2.45) is 0 Å². The SMILES string of the molecule is COC(O)Cn1ccnc1-c1cccnc1. The summed E-state index contributed by atoms with van der Waals surface area (Å²) in [5, 5.41) is 9.41. The highest BCUT2D eigenvalue weighted by atomic mass is 16.6. The third-order valence-corrected chi connectivity index (χ3v) is 2.26. The van der Waals surface area contributed by atoms with E-state index < -0.39 is 6.29 Å². The fourth-order valence-electron chi connectivity index (χ4n) is 1.45. The summed E-state index contributed by atoms with van der Waals surface area (Å²) in [7, 11) is 1.46. The number of pyridine rings is 1. The van der Waals surface area contributed by atoms with Crippen molar-refractivity contribution in [3.8, 4) is 11.4 Å². The van der Waals surface area contributed by atoms with Gasteiger partial charge in [-0.15, -0.1) is 0 Å². The Balaban J connectivity index is 2.26. The first-order valence-electron chi connectivity index (χ1n) is 4.93. The van der Waals surface area contributed by atoms with Crippen LogP contribution in [0.1, 0.15) is 0 Å². The van der Waals surface area contributed by atoms with Gasteiger partial charge in [-0.25, -0.2) is 4.98 Å². The first kappa shape index (κ1) is 10.8. The lowest BCUT2D eigenvalue weighted by atomic mass is 10.3. The topological polar surface area (TPSA) is 60.2 Å². The molecule has 0 amide bonds. The van der Waals surface area contributed by atoms with Gasteiger partial charge in [-0.2, -0.15) is 0 Å². The molecular weight excluding hydrogens is 206 g/mol. The highest BCUT2D eigenvalue weighted by Crippen LogP contribution is 2.15. The highest BCUT2D eigenvalue weighted by Gasteiger charge is 2.09. The number of imidazole rings is 1. The van der Waals surface area contributed by atoms with Gasteiger partial charge in [0.1, 0.15) is 5.82 Å². The van der Waals surface area contributed by atoms with Gasteiger partial charge in [0.05, 0.1) is 6.54 Å². The third-order valence-electron chi connectivity index (χ3n) is 2.26. The van der Waals surface area contributed by atoms with Gasteiger partial charge in [-0.3, -0.25) is 4.98 Å². The van der Waals surface area contributed by atoms with Crippen LogP contribution in [0.3, 0.4) is 0 Å². The lowest BCUT2D eigenvalue weighted by molar-refractivity contribution is -0.0832. The number of hydrogen-bond donors (Lipinski definition) is 1. The molecule has 1 atom stereocenters. The van der Waals surface area contributed by atoms with Crippen molar-refractivity contribution in [1.82, 2.24) is 14.5 Å². The molecule has 2 aromatic rings. The average Bonchev–Trinajstić information content (AvgIpc) is 2.78. The lowest BCUT2D eigenvalue weighted by Gasteiger charge is -2.11. The number of aromatic nitrogens is 3. The van der Waals surface area contributed by atoms with Crippen molar-refractivity contribution < 1.29 is 9.84 Å². The normalized spacial score (nSPS) is 12.6. The summed E-state index contributed by atoms with van der Waals surface area (Å²) in [6.45, 7) is 0.348. The molecule has 0 aliphatic rings. The standard InChI is InChI=1S/C11H13N3O2/c1-16-10(15)8-14-6-5-13-11(14)9-3-2-4-12-7-9/h2-7,10,15H,8H2,1H3. The number of ether oxygens (including phenoxy) is 1. The number of methoxy groups -OCH3 is 1. The van der Waals surface area contributed by atoms with Crippen LogP contribution in [0.25, 0.3) is 11.4 Å². The zero-order valence-electron chi connectivity index (χ0n) is 8.95. The third kappa shape index (κ3) is 2.26. The van der Waals surface area contributed by atoms with Crippen LogP contribution in [0.5, 0.6) is 0 Å². The molecule has 0 saturated heterocycles. The van der Waals surface area contributed by atoms with Gasteiger partial charge >= 0.3 is 0 Å². The van der Waals surface area contributed by atoms with Crippen molar-refractivity contribution in [1.29, 1.82) is 0 Å². The number of nitrogens with zero attached hydrogens (tertiary/aromatic N) is 3. The molecule has 84 valence electrons. The van der Waals surface area contributed by atoms with Crippen LogP contribution in [0.15, 0.2) is 36.9 Å². The second kappa shape index (κ2) is 4.87. The van der Waals surface area contributed by atoms with Crippen LogP contribution in [-0.2, 0) is 11.3 Å². The maximum Gasteiger partial charge on any atom is 0.172 e. The number of aliphatic hydroxyl groups excluding tert-OH is 1. The summed E-state index contributed by atoms with van der Waals surface area (Å²) in [4.78, 5) is 8.26. The Labute approximate surface area is 93.3 Å². The Morgan fingerprint density at radius 1 is 1.50 bits per heavy atom. The van der Waals surface area contributed by atoms with Crippen molar-refractivity contribution in [3.63, 3.8) is 0 Å². The summed E-state index contributed by atoms with van der Waals surface area (Å²) in [6.07, 6.45) is 6.10. The first-order valence-corrected chi connectivity index (χ1v) is 4.93. The predicted molar refractivity (Wildman–Crippen MR) is 58.5 cm³/mol. The van der Waals surface area contributed by atoms with Crippen LogP contribution in [-0.4, -0.2) is 33.0 Å². The van der Waals surface area contributed by atoms with Gasteiger partial charge in [0.15, 0.2) is 6.29 Å². The van der Waals surface area contributed by atoms with Crippen LogP contribution < -0.4 is 0 Å². The molecule has 0 aliphatic carbocycles. The molecular formula is C11H13N3O2. The van der Waals surface area contributed by atoms with Gasteiger partial charge < -0.3 is 14.4 Å². The molecule has 1 unspecified atom stereocenters. The summed E-state index contributed by atoms with van der Waals surface area (Å²) in [5.41, 5.74) is 0.913. The van der Waals surface area contributed by atoms with Crippen LogP contribution in [0, 0.1) is 0 Å². The number of rotatable bonds is 4. The van der Waals surface area contributed by atoms with Crippen LogP contribution in [0.2, 0.25) is 0 Å². The molecule has 1 N–H and O–H groups in total. The predicted octanol–water partition coefficient (Wildman–Crippen LogP) is 0.910. The highest BCUT2D eigenvalue weighted by molar-refractivity contribution is 5.53. The molecule has 0 saturated carbocycles. The van der Waals surface area contributed by atoms with Crippen molar-refractivity contribution in [2.45, 2.75) is 12.8 Å². The average molecular weight is 219 g/mol. The van der Waals surface area contributed by atoms with Crippen molar-refractivity contribution >= 4 is 0 Å². The second-order valence-electron chi connectivity index (χ2n) is 3.34. The first-order chi connectivity index (χ1) is 7.81. The Morgan fingerprint density at radius 2 is 2.38 bits per heavy atom. The monoisotopic (exact) mass is 219 g/mol. The maximum atomic E-state index is 9.41. The summed E-state index contributed by atoms with van der Waals surface area (Å²) in [5.74, 6) is 0.768. The Morgan fingerprint density at radius 3 is 3.06 bits per heavy atom. The summed E-state index contributed by atoms with van der Waals surface area (Å²) < 4.78 is 6.63. The zero-order chi connectivity index (χ0) is 11.4. The van der Waals surface area contributed by atoms with E-state index in [1.807, 2.05) is 16.7 Å². The quantitative estimate of drug-likeness (QED) is 0.776. The molecule has 2 rings (SSSR count). The smallest absolute Gasteiger partial charge is 0.172 e. The molecule has 0 spiro atoms. The van der Waals surface area contributed by atoms with E-state index in [0.29, 0.717) is 6.54 Å². The van der Waals surface area contributed by atoms with E-state index in [1.165, 1.54) is 7.11 Å². The number of aliphatic hydroxyl groups is 1. The fourth-order valence-corrected chi connectivity index (χ4v) is 1.45. The maximum absolute atomic E-state index is 9.41. The van der Waals surface area contributed by atoms with Crippen LogP contribution in [0.4, 0.5) is 0 Å². The Kier molecular flexibility index (Phi) is 3.28. The van der Waals surface area contributed by atoms with Crippen molar-refractivity contribution in [2.75, 3.05) is 7.11 Å². The molecule has 0 radical (unpaired) electrons. The largest absolute Gasteiger partial charge is 0.366 e. The minimum Gasteiger partial charge on any atom is -0.366 e. The molecule has 0 aromatic carbocycles. The van der Waals surface area contributed by atoms with E-state index in [9.17, 15) is 5.11 Å². The molecule has 5 nitrogen and oxygen atoms in total. The van der Waals surface area contributed by atoms with Crippen molar-refractivity contribution in [3.05, 3.63) is 36.9 Å². The zero-order valence-corrected chi connectivity index (χ0v) is 8.95. The van der Waals surface area contributed by atoms with Gasteiger partial charge in [0.25, 0.3) is 0 Å². The number of hydrogen-bond acceptors (Lipinski definition) is 4. The lowest BCUT2D eigenvalue weighted by Crippen LogP contribution is -2.17. The molecule has 2 heterocycles. The minimum atomic E-state index is -0.829. The van der Waals surface area contributed by atoms with Crippen LogP contribution >= 0.6 is 0 Å². The van der Waals surface area contributed by atoms with E-state index in [0.717, 1.165) is 11.4 Å².